The number of aromatic nitrogens is 3. The standard InChI is InChI=1S/C21H23N5O2/c27-21(28)20(18-5-1-4-17(13-18)19-6-8-23-24-19)26-11-9-25(10-12-26)15-16-3-2-7-22-14-16/h1-8,13-14,20H,9-12,15H2,(H,23,24)(H,27,28)/t20-/m1/s1. The number of rotatable bonds is 6. The molecule has 7 nitrogen and oxygen atoms in total. The molecule has 7 heteroatoms. The third-order valence-corrected chi connectivity index (χ3v) is 5.15. The number of pyridine rings is 1. The molecule has 4 rings (SSSR count). The maximum absolute atomic E-state index is 12.1. The molecule has 0 radical (unpaired) electrons. The number of carbonyl (C=O) groups is 1. The van der Waals surface area contributed by atoms with Crippen LogP contribution in [0.15, 0.2) is 61.1 Å². The molecule has 1 aromatic carbocycles. The van der Waals surface area contributed by atoms with Crippen molar-refractivity contribution in [1.29, 1.82) is 0 Å². The Labute approximate surface area is 163 Å². The van der Waals surface area contributed by atoms with Crippen LogP contribution in [0.25, 0.3) is 11.3 Å². The maximum atomic E-state index is 12.1. The number of nitrogens with one attached hydrogen (secondary N) is 1. The topological polar surface area (TPSA) is 85.3 Å². The van der Waals surface area contributed by atoms with Crippen LogP contribution < -0.4 is 0 Å². The molecule has 1 atom stereocenters. The highest BCUT2D eigenvalue weighted by atomic mass is 16.4. The minimum Gasteiger partial charge on any atom is -0.480 e. The molecule has 0 amide bonds. The first-order chi connectivity index (χ1) is 13.7. The molecule has 0 saturated carbocycles. The summed E-state index contributed by atoms with van der Waals surface area (Å²) in [5, 5.41) is 16.8. The minimum absolute atomic E-state index is 0.650. The van der Waals surface area contributed by atoms with Gasteiger partial charge in [0.05, 0.1) is 5.69 Å². The lowest BCUT2D eigenvalue weighted by atomic mass is 10.0. The van der Waals surface area contributed by atoms with Crippen molar-refractivity contribution in [2.24, 2.45) is 0 Å². The first-order valence-electron chi connectivity index (χ1n) is 9.38. The average Bonchev–Trinajstić information content (AvgIpc) is 3.25. The van der Waals surface area contributed by atoms with E-state index in [4.69, 9.17) is 0 Å². The Hall–Kier alpha value is -3.03. The number of hydrogen-bond donors (Lipinski definition) is 2. The lowest BCUT2D eigenvalue weighted by molar-refractivity contribution is -0.144. The van der Waals surface area contributed by atoms with Crippen molar-refractivity contribution in [2.45, 2.75) is 12.6 Å². The summed E-state index contributed by atoms with van der Waals surface area (Å²) in [7, 11) is 0. The molecule has 144 valence electrons. The van der Waals surface area contributed by atoms with Gasteiger partial charge in [0.1, 0.15) is 6.04 Å². The van der Waals surface area contributed by atoms with Gasteiger partial charge in [0.2, 0.25) is 0 Å². The fourth-order valence-electron chi connectivity index (χ4n) is 3.73. The van der Waals surface area contributed by atoms with Gasteiger partial charge in [0.15, 0.2) is 0 Å². The largest absolute Gasteiger partial charge is 0.480 e. The van der Waals surface area contributed by atoms with E-state index in [1.54, 1.807) is 12.4 Å². The highest BCUT2D eigenvalue weighted by molar-refractivity contribution is 5.76. The quantitative estimate of drug-likeness (QED) is 0.686. The van der Waals surface area contributed by atoms with Crippen molar-refractivity contribution in [2.75, 3.05) is 26.2 Å². The van der Waals surface area contributed by atoms with Crippen LogP contribution in [0.1, 0.15) is 17.2 Å². The molecule has 1 saturated heterocycles. The van der Waals surface area contributed by atoms with Crippen molar-refractivity contribution < 1.29 is 9.90 Å². The van der Waals surface area contributed by atoms with Crippen LogP contribution in [0.4, 0.5) is 0 Å². The van der Waals surface area contributed by atoms with E-state index in [2.05, 4.69) is 26.1 Å². The smallest absolute Gasteiger partial charge is 0.325 e. The van der Waals surface area contributed by atoms with Gasteiger partial charge in [0, 0.05) is 51.3 Å². The molecule has 3 heterocycles. The summed E-state index contributed by atoms with van der Waals surface area (Å²) >= 11 is 0. The number of aliphatic carboxylic acids is 1. The highest BCUT2D eigenvalue weighted by Crippen LogP contribution is 2.27. The molecular formula is C21H23N5O2. The third-order valence-electron chi connectivity index (χ3n) is 5.15. The van der Waals surface area contributed by atoms with Gasteiger partial charge in [-0.15, -0.1) is 0 Å². The van der Waals surface area contributed by atoms with E-state index < -0.39 is 12.0 Å². The highest BCUT2D eigenvalue weighted by Gasteiger charge is 2.30. The van der Waals surface area contributed by atoms with E-state index in [1.165, 1.54) is 5.56 Å². The molecule has 1 aliphatic heterocycles. The van der Waals surface area contributed by atoms with Gasteiger partial charge in [0.25, 0.3) is 0 Å². The number of benzene rings is 1. The van der Waals surface area contributed by atoms with Crippen LogP contribution in [-0.2, 0) is 11.3 Å². The predicted molar refractivity (Wildman–Crippen MR) is 105 cm³/mol. The molecule has 1 aliphatic rings. The number of carboxylic acid groups (broad SMARTS) is 1. The molecule has 1 fully saturated rings. The molecule has 0 bridgehead atoms. The van der Waals surface area contributed by atoms with Crippen LogP contribution in [0.3, 0.4) is 0 Å². The molecule has 2 N–H and O–H groups in total. The Balaban J connectivity index is 1.46. The van der Waals surface area contributed by atoms with Crippen molar-refractivity contribution in [3.8, 4) is 11.3 Å². The Morgan fingerprint density at radius 1 is 1.11 bits per heavy atom. The number of hydrogen-bond acceptors (Lipinski definition) is 5. The average molecular weight is 377 g/mol. The zero-order valence-electron chi connectivity index (χ0n) is 15.5. The zero-order chi connectivity index (χ0) is 19.3. The van der Waals surface area contributed by atoms with E-state index in [0.717, 1.165) is 36.5 Å². The van der Waals surface area contributed by atoms with Crippen LogP contribution in [0.2, 0.25) is 0 Å². The summed E-state index contributed by atoms with van der Waals surface area (Å²) in [6.07, 6.45) is 5.35. The fourth-order valence-corrected chi connectivity index (χ4v) is 3.73. The second kappa shape index (κ2) is 8.33. The molecule has 3 aromatic rings. The van der Waals surface area contributed by atoms with Gasteiger partial charge in [-0.3, -0.25) is 24.7 Å². The van der Waals surface area contributed by atoms with Crippen molar-refractivity contribution in [3.05, 3.63) is 72.2 Å². The predicted octanol–water partition coefficient (Wildman–Crippen LogP) is 2.42. The third kappa shape index (κ3) is 4.11. The second-order valence-electron chi connectivity index (χ2n) is 7.01. The fraction of sp³-hybridized carbons (Fsp3) is 0.286. The lowest BCUT2D eigenvalue weighted by Gasteiger charge is -2.37. The summed E-state index contributed by atoms with van der Waals surface area (Å²) in [5.74, 6) is -0.817. The van der Waals surface area contributed by atoms with Gasteiger partial charge >= 0.3 is 5.97 Å². The number of piperazine rings is 1. The summed E-state index contributed by atoms with van der Waals surface area (Å²) in [5.41, 5.74) is 3.79. The molecule has 0 aliphatic carbocycles. The number of nitrogens with zero attached hydrogens (tertiary/aromatic N) is 4. The van der Waals surface area contributed by atoms with E-state index in [0.29, 0.717) is 13.1 Å². The number of H-pyrrole nitrogens is 1. The van der Waals surface area contributed by atoms with E-state index >= 15 is 0 Å². The second-order valence-corrected chi connectivity index (χ2v) is 7.01. The molecule has 2 aromatic heterocycles. The normalized spacial score (nSPS) is 16.7. The van der Waals surface area contributed by atoms with Crippen LogP contribution in [0.5, 0.6) is 0 Å². The number of aromatic amines is 1. The summed E-state index contributed by atoms with van der Waals surface area (Å²) in [6.45, 7) is 3.93. The minimum atomic E-state index is -0.817. The van der Waals surface area contributed by atoms with Crippen molar-refractivity contribution in [3.63, 3.8) is 0 Å². The van der Waals surface area contributed by atoms with E-state index in [1.807, 2.05) is 47.5 Å². The zero-order valence-corrected chi connectivity index (χ0v) is 15.5. The summed E-state index contributed by atoms with van der Waals surface area (Å²) in [4.78, 5) is 20.6. The van der Waals surface area contributed by atoms with Crippen molar-refractivity contribution in [1.82, 2.24) is 25.0 Å². The van der Waals surface area contributed by atoms with Gasteiger partial charge in [-0.05, 0) is 34.9 Å². The van der Waals surface area contributed by atoms with E-state index in [-0.39, 0.29) is 0 Å². The Bertz CT molecular complexity index is 906. The maximum Gasteiger partial charge on any atom is 0.325 e. The van der Waals surface area contributed by atoms with Gasteiger partial charge in [-0.1, -0.05) is 24.3 Å². The first kappa shape index (κ1) is 18.3. The molecule has 0 unspecified atom stereocenters. The molecule has 0 spiro atoms. The van der Waals surface area contributed by atoms with E-state index in [9.17, 15) is 9.90 Å². The Morgan fingerprint density at radius 2 is 1.96 bits per heavy atom. The summed E-state index contributed by atoms with van der Waals surface area (Å²) in [6, 6.07) is 12.9. The van der Waals surface area contributed by atoms with Crippen LogP contribution >= 0.6 is 0 Å². The van der Waals surface area contributed by atoms with Gasteiger partial charge < -0.3 is 5.11 Å². The SMILES string of the molecule is O=C(O)[C@@H](c1cccc(-c2ccn[nH]2)c1)N1CCN(Cc2cccnc2)CC1. The first-order valence-corrected chi connectivity index (χ1v) is 9.38. The summed E-state index contributed by atoms with van der Waals surface area (Å²) < 4.78 is 0. The monoisotopic (exact) mass is 377 g/mol. The Kier molecular flexibility index (Phi) is 5.45. The van der Waals surface area contributed by atoms with Crippen LogP contribution in [-0.4, -0.2) is 62.2 Å². The Morgan fingerprint density at radius 3 is 2.64 bits per heavy atom. The van der Waals surface area contributed by atoms with Gasteiger partial charge in [-0.25, -0.2) is 0 Å². The van der Waals surface area contributed by atoms with Crippen LogP contribution in [0, 0.1) is 0 Å². The lowest BCUT2D eigenvalue weighted by Crippen LogP contribution is -2.48. The number of carboxylic acids is 1. The van der Waals surface area contributed by atoms with Crippen molar-refractivity contribution >= 4 is 5.97 Å². The molecular weight excluding hydrogens is 354 g/mol. The molecule has 28 heavy (non-hydrogen) atoms. The van der Waals surface area contributed by atoms with Gasteiger partial charge in [-0.2, -0.15) is 5.10 Å².